The van der Waals surface area contributed by atoms with Gasteiger partial charge in [-0.15, -0.1) is 0 Å². The minimum absolute atomic E-state index is 0.477. The molecule has 2 N–H and O–H groups in total. The summed E-state index contributed by atoms with van der Waals surface area (Å²) in [6.45, 7) is 3.13. The van der Waals surface area contributed by atoms with Crippen molar-refractivity contribution in [1.82, 2.24) is 4.90 Å². The van der Waals surface area contributed by atoms with E-state index in [2.05, 4.69) is 7.05 Å². The Balaban J connectivity index is 2.56. The fourth-order valence-electron chi connectivity index (χ4n) is 1.44. The van der Waals surface area contributed by atoms with Crippen molar-refractivity contribution >= 4 is 0 Å². The SMILES string of the molecule is [CH2-]N1CC[C@@](O)(CC)[C@H](O)C1. The Labute approximate surface area is 67.6 Å². The Morgan fingerprint density at radius 2 is 2.36 bits per heavy atom. The van der Waals surface area contributed by atoms with Crippen LogP contribution in [0.15, 0.2) is 0 Å². The Hall–Kier alpha value is -0.120. The Kier molecular flexibility index (Phi) is 2.52. The lowest BCUT2D eigenvalue weighted by atomic mass is 9.86. The fourth-order valence-corrected chi connectivity index (χ4v) is 1.44. The lowest BCUT2D eigenvalue weighted by molar-refractivity contribution is -0.113. The summed E-state index contributed by atoms with van der Waals surface area (Å²) in [5.74, 6) is 0. The third-order valence-corrected chi connectivity index (χ3v) is 2.52. The van der Waals surface area contributed by atoms with E-state index in [9.17, 15) is 10.2 Å². The molecule has 1 aliphatic rings. The molecule has 1 fully saturated rings. The topological polar surface area (TPSA) is 43.7 Å². The first-order valence-corrected chi connectivity index (χ1v) is 4.04. The maximum Gasteiger partial charge on any atom is 0.0929 e. The molecule has 0 aromatic carbocycles. The number of rotatable bonds is 1. The number of aliphatic hydroxyl groups is 2. The van der Waals surface area contributed by atoms with Crippen LogP contribution in [0.2, 0.25) is 0 Å². The van der Waals surface area contributed by atoms with Crippen molar-refractivity contribution in [3.8, 4) is 0 Å². The van der Waals surface area contributed by atoms with Crippen LogP contribution in [0.25, 0.3) is 0 Å². The molecule has 11 heavy (non-hydrogen) atoms. The van der Waals surface area contributed by atoms with Gasteiger partial charge in [0.2, 0.25) is 0 Å². The molecule has 3 nitrogen and oxygen atoms in total. The van der Waals surface area contributed by atoms with Gasteiger partial charge < -0.3 is 15.1 Å². The van der Waals surface area contributed by atoms with Gasteiger partial charge in [0, 0.05) is 0 Å². The summed E-state index contributed by atoms with van der Waals surface area (Å²) in [7, 11) is 3.71. The summed E-state index contributed by atoms with van der Waals surface area (Å²) in [6.07, 6.45) is 0.592. The number of nitrogens with zero attached hydrogens (tertiary/aromatic N) is 1. The van der Waals surface area contributed by atoms with E-state index in [4.69, 9.17) is 0 Å². The second kappa shape index (κ2) is 3.09. The van der Waals surface area contributed by atoms with Gasteiger partial charge in [0.25, 0.3) is 0 Å². The van der Waals surface area contributed by atoms with Gasteiger partial charge in [-0.3, -0.25) is 7.05 Å². The molecule has 1 heterocycles. The van der Waals surface area contributed by atoms with Crippen molar-refractivity contribution in [3.63, 3.8) is 0 Å². The zero-order valence-corrected chi connectivity index (χ0v) is 6.95. The minimum Gasteiger partial charge on any atom is -0.457 e. The van der Waals surface area contributed by atoms with Gasteiger partial charge in [-0.1, -0.05) is 6.92 Å². The number of hydrogen-bond acceptors (Lipinski definition) is 3. The molecule has 0 bridgehead atoms. The minimum atomic E-state index is -0.867. The van der Waals surface area contributed by atoms with Gasteiger partial charge in [-0.25, -0.2) is 0 Å². The Morgan fingerprint density at radius 1 is 1.73 bits per heavy atom. The molecule has 1 saturated heterocycles. The van der Waals surface area contributed by atoms with Gasteiger partial charge in [0.1, 0.15) is 0 Å². The zero-order valence-electron chi connectivity index (χ0n) is 6.95. The maximum atomic E-state index is 9.76. The molecule has 3 heteroatoms. The number of β-amino-alcohol motifs (C(OH)–C–C–N with tert-alkyl or cyclic N) is 1. The summed E-state index contributed by atoms with van der Waals surface area (Å²) in [5, 5.41) is 19.2. The molecular weight excluding hydrogens is 142 g/mol. The molecule has 0 aromatic heterocycles. The van der Waals surface area contributed by atoms with Crippen molar-refractivity contribution in [3.05, 3.63) is 7.05 Å². The van der Waals surface area contributed by atoms with Crippen LogP contribution in [0.3, 0.4) is 0 Å². The molecule has 0 unspecified atom stereocenters. The van der Waals surface area contributed by atoms with Crippen molar-refractivity contribution < 1.29 is 10.2 Å². The van der Waals surface area contributed by atoms with Crippen molar-refractivity contribution in [2.75, 3.05) is 13.1 Å². The van der Waals surface area contributed by atoms with Crippen LogP contribution in [0.4, 0.5) is 0 Å². The van der Waals surface area contributed by atoms with E-state index < -0.39 is 11.7 Å². The smallest absolute Gasteiger partial charge is 0.0929 e. The third kappa shape index (κ3) is 1.72. The molecule has 0 radical (unpaired) electrons. The van der Waals surface area contributed by atoms with E-state index >= 15 is 0 Å². The molecule has 0 saturated carbocycles. The number of piperidine rings is 1. The number of hydrogen-bond donors (Lipinski definition) is 2. The van der Waals surface area contributed by atoms with E-state index in [1.54, 1.807) is 4.90 Å². The van der Waals surface area contributed by atoms with E-state index in [0.717, 1.165) is 6.54 Å². The standard InChI is InChI=1S/C8H16NO2/c1-3-8(11)4-5-9(2)6-7(8)10/h7,10-11H,2-6H2,1H3/q-1/t7-,8+/m1/s1. The summed E-state index contributed by atoms with van der Waals surface area (Å²) >= 11 is 0. The molecular formula is C8H16NO2-. The van der Waals surface area contributed by atoms with Gasteiger partial charge in [0.05, 0.1) is 11.7 Å². The third-order valence-electron chi connectivity index (χ3n) is 2.52. The van der Waals surface area contributed by atoms with Crippen LogP contribution in [0.1, 0.15) is 19.8 Å². The first-order valence-electron chi connectivity index (χ1n) is 4.04. The highest BCUT2D eigenvalue weighted by Crippen LogP contribution is 2.24. The van der Waals surface area contributed by atoms with E-state index in [0.29, 0.717) is 19.4 Å². The van der Waals surface area contributed by atoms with Crippen LogP contribution in [0, 0.1) is 7.05 Å². The van der Waals surface area contributed by atoms with Gasteiger partial charge in [-0.2, -0.15) is 0 Å². The van der Waals surface area contributed by atoms with E-state index in [1.165, 1.54) is 0 Å². The summed E-state index contributed by atoms with van der Waals surface area (Å²) in [5.41, 5.74) is -0.867. The lowest BCUT2D eigenvalue weighted by Gasteiger charge is -2.43. The first kappa shape index (κ1) is 8.97. The van der Waals surface area contributed by atoms with Crippen LogP contribution in [-0.2, 0) is 0 Å². The molecule has 0 spiro atoms. The predicted octanol–water partition coefficient (Wildman–Crippen LogP) is -0.0143. The highest BCUT2D eigenvalue weighted by Gasteiger charge is 2.36. The van der Waals surface area contributed by atoms with Crippen LogP contribution in [0.5, 0.6) is 0 Å². The zero-order chi connectivity index (χ0) is 8.48. The summed E-state index contributed by atoms with van der Waals surface area (Å²) in [4.78, 5) is 1.79. The normalized spacial score (nSPS) is 40.9. The average molecular weight is 158 g/mol. The average Bonchev–Trinajstić information content (AvgIpc) is 1.98. The molecule has 0 amide bonds. The molecule has 0 aliphatic carbocycles. The first-order chi connectivity index (χ1) is 5.08. The van der Waals surface area contributed by atoms with Crippen LogP contribution < -0.4 is 0 Å². The Bertz CT molecular complexity index is 140. The van der Waals surface area contributed by atoms with Crippen molar-refractivity contribution in [2.24, 2.45) is 0 Å². The molecule has 1 rings (SSSR count). The van der Waals surface area contributed by atoms with Crippen molar-refractivity contribution in [1.29, 1.82) is 0 Å². The van der Waals surface area contributed by atoms with Crippen LogP contribution in [-0.4, -0.2) is 39.9 Å². The number of likely N-dealkylation sites (tertiary alicyclic amines) is 1. The van der Waals surface area contributed by atoms with Gasteiger partial charge in [0.15, 0.2) is 0 Å². The van der Waals surface area contributed by atoms with Gasteiger partial charge >= 0.3 is 0 Å². The van der Waals surface area contributed by atoms with Crippen LogP contribution >= 0.6 is 0 Å². The molecule has 1 aliphatic heterocycles. The Morgan fingerprint density at radius 3 is 2.82 bits per heavy atom. The predicted molar refractivity (Wildman–Crippen MR) is 42.8 cm³/mol. The second-order valence-corrected chi connectivity index (χ2v) is 3.30. The van der Waals surface area contributed by atoms with Crippen molar-refractivity contribution in [2.45, 2.75) is 31.5 Å². The molecule has 66 valence electrons. The quantitative estimate of drug-likeness (QED) is 0.527. The largest absolute Gasteiger partial charge is 0.457 e. The highest BCUT2D eigenvalue weighted by molar-refractivity contribution is 4.92. The monoisotopic (exact) mass is 158 g/mol. The highest BCUT2D eigenvalue weighted by atomic mass is 16.3. The van der Waals surface area contributed by atoms with Gasteiger partial charge in [-0.05, 0) is 25.9 Å². The molecule has 2 atom stereocenters. The number of aliphatic hydroxyl groups excluding tert-OH is 1. The molecule has 0 aromatic rings. The lowest BCUT2D eigenvalue weighted by Crippen LogP contribution is -2.53. The second-order valence-electron chi connectivity index (χ2n) is 3.30. The fraction of sp³-hybridized carbons (Fsp3) is 0.875. The van der Waals surface area contributed by atoms with E-state index in [-0.39, 0.29) is 0 Å². The summed E-state index contributed by atoms with van der Waals surface area (Å²) in [6, 6.07) is 0. The maximum absolute atomic E-state index is 9.76. The summed E-state index contributed by atoms with van der Waals surface area (Å²) < 4.78 is 0. The van der Waals surface area contributed by atoms with E-state index in [1.807, 2.05) is 6.92 Å².